The van der Waals surface area contributed by atoms with Crippen LogP contribution in [0, 0.1) is 0 Å². The Morgan fingerprint density at radius 1 is 0.952 bits per heavy atom. The lowest BCUT2D eigenvalue weighted by atomic mass is 10.1. The Kier molecular flexibility index (Phi) is 3.51. The number of methoxy groups -OCH3 is 1. The minimum atomic E-state index is -0.514. The fourth-order valence-electron chi connectivity index (χ4n) is 2.04. The van der Waals surface area contributed by atoms with Crippen LogP contribution in [0.2, 0.25) is 0 Å². The number of carbonyl (C=O) groups excluding carboxylic acids is 1. The van der Waals surface area contributed by atoms with Crippen LogP contribution in [-0.4, -0.2) is 18.1 Å². The van der Waals surface area contributed by atoms with Gasteiger partial charge in [-0.1, -0.05) is 48.5 Å². The van der Waals surface area contributed by atoms with Crippen molar-refractivity contribution < 1.29 is 13.9 Å². The molecule has 0 amide bonds. The number of rotatable bonds is 3. The molecule has 4 heteroatoms. The van der Waals surface area contributed by atoms with E-state index in [0.717, 1.165) is 11.1 Å². The summed E-state index contributed by atoms with van der Waals surface area (Å²) in [7, 11) is 1.33. The molecular formula is C17H13NO3. The molecule has 104 valence electrons. The highest BCUT2D eigenvalue weighted by atomic mass is 16.5. The SMILES string of the molecule is COC(=O)c1nc(-c2ccccc2)oc1-c1ccccc1. The van der Waals surface area contributed by atoms with Gasteiger partial charge in [-0.25, -0.2) is 9.78 Å². The van der Waals surface area contributed by atoms with Crippen molar-refractivity contribution in [3.8, 4) is 22.8 Å². The van der Waals surface area contributed by atoms with Gasteiger partial charge in [0.25, 0.3) is 0 Å². The molecule has 0 unspecified atom stereocenters. The maximum Gasteiger partial charge on any atom is 0.360 e. The highest BCUT2D eigenvalue weighted by Crippen LogP contribution is 2.30. The van der Waals surface area contributed by atoms with E-state index in [9.17, 15) is 4.79 Å². The van der Waals surface area contributed by atoms with Crippen LogP contribution in [0.15, 0.2) is 65.1 Å². The van der Waals surface area contributed by atoms with Gasteiger partial charge in [0.15, 0.2) is 11.5 Å². The minimum Gasteiger partial charge on any atom is -0.464 e. The molecule has 0 fully saturated rings. The van der Waals surface area contributed by atoms with E-state index in [1.807, 2.05) is 60.7 Å². The average Bonchev–Trinajstić information content (AvgIpc) is 3.01. The Balaban J connectivity index is 2.14. The van der Waals surface area contributed by atoms with E-state index < -0.39 is 5.97 Å². The molecule has 0 atom stereocenters. The van der Waals surface area contributed by atoms with Crippen LogP contribution >= 0.6 is 0 Å². The highest BCUT2D eigenvalue weighted by Gasteiger charge is 2.22. The van der Waals surface area contributed by atoms with Crippen molar-refractivity contribution in [1.29, 1.82) is 0 Å². The van der Waals surface area contributed by atoms with Crippen molar-refractivity contribution in [1.82, 2.24) is 4.98 Å². The number of benzene rings is 2. The zero-order valence-corrected chi connectivity index (χ0v) is 11.4. The second-order valence-corrected chi connectivity index (χ2v) is 4.42. The van der Waals surface area contributed by atoms with Gasteiger partial charge < -0.3 is 9.15 Å². The molecule has 0 saturated heterocycles. The number of esters is 1. The van der Waals surface area contributed by atoms with Crippen LogP contribution in [0.1, 0.15) is 10.5 Å². The zero-order chi connectivity index (χ0) is 14.7. The summed E-state index contributed by atoms with van der Waals surface area (Å²) in [5.74, 6) is 0.302. The Morgan fingerprint density at radius 2 is 1.52 bits per heavy atom. The summed E-state index contributed by atoms with van der Waals surface area (Å²) in [6, 6.07) is 18.8. The molecule has 3 aromatic rings. The molecule has 1 heterocycles. The molecule has 21 heavy (non-hydrogen) atoms. The largest absolute Gasteiger partial charge is 0.464 e. The van der Waals surface area contributed by atoms with Gasteiger partial charge in [-0.05, 0) is 12.1 Å². The molecule has 3 rings (SSSR count). The molecule has 0 radical (unpaired) electrons. The summed E-state index contributed by atoms with van der Waals surface area (Å²) in [5.41, 5.74) is 1.78. The van der Waals surface area contributed by atoms with Crippen molar-refractivity contribution in [2.24, 2.45) is 0 Å². The summed E-state index contributed by atoms with van der Waals surface area (Å²) in [4.78, 5) is 16.2. The fourth-order valence-corrected chi connectivity index (χ4v) is 2.04. The smallest absolute Gasteiger partial charge is 0.360 e. The van der Waals surface area contributed by atoms with Crippen molar-refractivity contribution in [2.75, 3.05) is 7.11 Å². The van der Waals surface area contributed by atoms with Crippen molar-refractivity contribution >= 4 is 5.97 Å². The summed E-state index contributed by atoms with van der Waals surface area (Å²) in [5, 5.41) is 0. The maximum atomic E-state index is 11.9. The van der Waals surface area contributed by atoms with Gasteiger partial charge >= 0.3 is 5.97 Å². The molecule has 0 saturated carbocycles. The number of ether oxygens (including phenoxy) is 1. The minimum absolute atomic E-state index is 0.183. The second-order valence-electron chi connectivity index (χ2n) is 4.42. The third-order valence-corrected chi connectivity index (χ3v) is 3.06. The Hall–Kier alpha value is -2.88. The number of oxazole rings is 1. The summed E-state index contributed by atoms with van der Waals surface area (Å²) >= 11 is 0. The van der Waals surface area contributed by atoms with Gasteiger partial charge in [0.1, 0.15) is 0 Å². The Labute approximate surface area is 122 Å². The monoisotopic (exact) mass is 279 g/mol. The summed E-state index contributed by atoms with van der Waals surface area (Å²) in [6.07, 6.45) is 0. The first kappa shape index (κ1) is 13.1. The molecule has 0 aliphatic heterocycles. The number of hydrogen-bond donors (Lipinski definition) is 0. The lowest BCUT2D eigenvalue weighted by Crippen LogP contribution is -2.03. The van der Waals surface area contributed by atoms with E-state index >= 15 is 0 Å². The summed E-state index contributed by atoms with van der Waals surface area (Å²) in [6.45, 7) is 0. The van der Waals surface area contributed by atoms with Gasteiger partial charge in [-0.3, -0.25) is 0 Å². The van der Waals surface area contributed by atoms with Crippen molar-refractivity contribution in [3.63, 3.8) is 0 Å². The van der Waals surface area contributed by atoms with Crippen LogP contribution in [0.3, 0.4) is 0 Å². The van der Waals surface area contributed by atoms with Gasteiger partial charge in [-0.15, -0.1) is 0 Å². The molecule has 2 aromatic carbocycles. The van der Waals surface area contributed by atoms with Crippen molar-refractivity contribution in [3.05, 3.63) is 66.4 Å². The Bertz CT molecular complexity index is 748. The van der Waals surface area contributed by atoms with E-state index in [4.69, 9.17) is 9.15 Å². The molecular weight excluding hydrogens is 266 g/mol. The number of nitrogens with zero attached hydrogens (tertiary/aromatic N) is 1. The van der Waals surface area contributed by atoms with Gasteiger partial charge in [0.2, 0.25) is 5.89 Å². The number of aromatic nitrogens is 1. The Morgan fingerprint density at radius 3 is 2.10 bits per heavy atom. The quantitative estimate of drug-likeness (QED) is 0.684. The van der Waals surface area contributed by atoms with Crippen LogP contribution in [0.25, 0.3) is 22.8 Å². The van der Waals surface area contributed by atoms with Gasteiger partial charge in [0.05, 0.1) is 7.11 Å². The van der Waals surface area contributed by atoms with E-state index in [2.05, 4.69) is 4.98 Å². The second kappa shape index (κ2) is 5.63. The highest BCUT2D eigenvalue weighted by molar-refractivity contribution is 5.94. The molecule has 0 bridgehead atoms. The zero-order valence-electron chi connectivity index (χ0n) is 11.4. The fraction of sp³-hybridized carbons (Fsp3) is 0.0588. The standard InChI is InChI=1S/C17H13NO3/c1-20-17(19)14-15(12-8-4-2-5-9-12)21-16(18-14)13-10-6-3-7-11-13/h2-11H,1H3. The topological polar surface area (TPSA) is 52.3 Å². The van der Waals surface area contributed by atoms with Gasteiger partial charge in [0, 0.05) is 11.1 Å². The lowest BCUT2D eigenvalue weighted by molar-refractivity contribution is 0.0595. The maximum absolute atomic E-state index is 11.9. The van der Waals surface area contributed by atoms with E-state index in [-0.39, 0.29) is 5.69 Å². The third-order valence-electron chi connectivity index (χ3n) is 3.06. The van der Waals surface area contributed by atoms with E-state index in [0.29, 0.717) is 11.7 Å². The molecule has 0 aliphatic carbocycles. The predicted molar refractivity (Wildman–Crippen MR) is 78.7 cm³/mol. The molecule has 0 spiro atoms. The van der Waals surface area contributed by atoms with E-state index in [1.54, 1.807) is 0 Å². The van der Waals surface area contributed by atoms with E-state index in [1.165, 1.54) is 7.11 Å². The molecule has 4 nitrogen and oxygen atoms in total. The first-order chi connectivity index (χ1) is 10.3. The number of hydrogen-bond acceptors (Lipinski definition) is 4. The predicted octanol–water partition coefficient (Wildman–Crippen LogP) is 3.80. The first-order valence-corrected chi connectivity index (χ1v) is 6.49. The normalized spacial score (nSPS) is 10.3. The molecule has 0 N–H and O–H groups in total. The van der Waals surface area contributed by atoms with Gasteiger partial charge in [-0.2, -0.15) is 0 Å². The van der Waals surface area contributed by atoms with Crippen LogP contribution in [0.4, 0.5) is 0 Å². The molecule has 0 aliphatic rings. The van der Waals surface area contributed by atoms with Crippen molar-refractivity contribution in [2.45, 2.75) is 0 Å². The number of carbonyl (C=O) groups is 1. The molecule has 1 aromatic heterocycles. The summed E-state index contributed by atoms with van der Waals surface area (Å²) < 4.78 is 10.6. The lowest BCUT2D eigenvalue weighted by Gasteiger charge is -1.98. The van der Waals surface area contributed by atoms with Crippen LogP contribution in [-0.2, 0) is 4.74 Å². The van der Waals surface area contributed by atoms with Crippen LogP contribution in [0.5, 0.6) is 0 Å². The van der Waals surface area contributed by atoms with Crippen LogP contribution < -0.4 is 0 Å². The third kappa shape index (κ3) is 2.56. The average molecular weight is 279 g/mol. The first-order valence-electron chi connectivity index (χ1n) is 6.49.